The Morgan fingerprint density at radius 3 is 2.73 bits per heavy atom. The van der Waals surface area contributed by atoms with E-state index in [1.165, 1.54) is 24.2 Å². The second-order valence-electron chi connectivity index (χ2n) is 4.38. The second kappa shape index (κ2) is 3.85. The van der Waals surface area contributed by atoms with Crippen LogP contribution in [0.1, 0.15) is 24.1 Å². The highest BCUT2D eigenvalue weighted by molar-refractivity contribution is 5.51. The summed E-state index contributed by atoms with van der Waals surface area (Å²) < 4.78 is 2.00. The van der Waals surface area contributed by atoms with Gasteiger partial charge in [-0.25, -0.2) is 0 Å². The Balaban J connectivity index is 2.33. The van der Waals surface area contributed by atoms with E-state index in [1.807, 2.05) is 18.8 Å². The number of nitrogens with one attached hydrogen (secondary N) is 1. The van der Waals surface area contributed by atoms with E-state index in [4.69, 9.17) is 0 Å². The molecule has 1 N–H and O–H groups in total. The quantitative estimate of drug-likeness (QED) is 0.803. The maximum atomic E-state index is 4.50. The lowest BCUT2D eigenvalue weighted by atomic mass is 10.2. The number of nitrogens with zero attached hydrogens (tertiary/aromatic N) is 3. The standard InChI is InChI=1S/C11H20N4/c1-8-10(7-12-2)11(15(4)13-8)14(3)9-5-6-9/h9,12H,5-7H2,1-4H3. The third kappa shape index (κ3) is 1.86. The van der Waals surface area contributed by atoms with Gasteiger partial charge in [0.1, 0.15) is 5.82 Å². The molecule has 0 radical (unpaired) electrons. The fourth-order valence-corrected chi connectivity index (χ4v) is 2.15. The van der Waals surface area contributed by atoms with Crippen molar-refractivity contribution in [3.05, 3.63) is 11.3 Å². The second-order valence-corrected chi connectivity index (χ2v) is 4.38. The Hall–Kier alpha value is -1.03. The summed E-state index contributed by atoms with van der Waals surface area (Å²) in [6.45, 7) is 2.98. The first kappa shape index (κ1) is 10.5. The molecular weight excluding hydrogens is 188 g/mol. The van der Waals surface area contributed by atoms with Gasteiger partial charge in [0.25, 0.3) is 0 Å². The number of rotatable bonds is 4. The van der Waals surface area contributed by atoms with Crippen molar-refractivity contribution in [2.45, 2.75) is 32.4 Å². The third-order valence-corrected chi connectivity index (χ3v) is 3.10. The lowest BCUT2D eigenvalue weighted by Crippen LogP contribution is -2.24. The molecule has 1 aromatic heterocycles. The first-order valence-electron chi connectivity index (χ1n) is 5.55. The predicted molar refractivity (Wildman–Crippen MR) is 62.1 cm³/mol. The molecule has 0 saturated heterocycles. The van der Waals surface area contributed by atoms with Crippen molar-refractivity contribution in [1.82, 2.24) is 15.1 Å². The highest BCUT2D eigenvalue weighted by Gasteiger charge is 2.30. The Labute approximate surface area is 91.3 Å². The minimum atomic E-state index is 0.732. The summed E-state index contributed by atoms with van der Waals surface area (Å²) in [5.74, 6) is 1.27. The van der Waals surface area contributed by atoms with E-state index in [2.05, 4.69) is 29.3 Å². The number of hydrogen-bond donors (Lipinski definition) is 1. The van der Waals surface area contributed by atoms with E-state index in [-0.39, 0.29) is 0 Å². The monoisotopic (exact) mass is 208 g/mol. The molecule has 0 atom stereocenters. The Morgan fingerprint density at radius 1 is 1.53 bits per heavy atom. The van der Waals surface area contributed by atoms with Crippen LogP contribution in [0, 0.1) is 6.92 Å². The molecule has 2 rings (SSSR count). The van der Waals surface area contributed by atoms with Crippen LogP contribution < -0.4 is 10.2 Å². The van der Waals surface area contributed by atoms with Gasteiger partial charge in [-0.1, -0.05) is 0 Å². The molecule has 4 nitrogen and oxygen atoms in total. The molecule has 4 heteroatoms. The van der Waals surface area contributed by atoms with Gasteiger partial charge in [0.2, 0.25) is 0 Å². The van der Waals surface area contributed by atoms with Gasteiger partial charge >= 0.3 is 0 Å². The van der Waals surface area contributed by atoms with Crippen LogP contribution in [0.3, 0.4) is 0 Å². The summed E-state index contributed by atoms with van der Waals surface area (Å²) in [7, 11) is 6.18. The van der Waals surface area contributed by atoms with E-state index in [9.17, 15) is 0 Å². The van der Waals surface area contributed by atoms with E-state index < -0.39 is 0 Å². The molecule has 0 bridgehead atoms. The molecule has 84 valence electrons. The van der Waals surface area contributed by atoms with E-state index in [0.717, 1.165) is 18.3 Å². The average molecular weight is 208 g/mol. The van der Waals surface area contributed by atoms with Crippen molar-refractivity contribution in [1.29, 1.82) is 0 Å². The molecule has 0 aromatic carbocycles. The zero-order valence-electron chi connectivity index (χ0n) is 10.0. The Morgan fingerprint density at radius 2 is 2.20 bits per heavy atom. The van der Waals surface area contributed by atoms with Gasteiger partial charge in [-0.05, 0) is 26.8 Å². The first-order chi connectivity index (χ1) is 7.15. The van der Waals surface area contributed by atoms with E-state index in [0.29, 0.717) is 0 Å². The van der Waals surface area contributed by atoms with Crippen LogP contribution in [-0.2, 0) is 13.6 Å². The maximum absolute atomic E-state index is 4.50. The van der Waals surface area contributed by atoms with Gasteiger partial charge in [-0.2, -0.15) is 5.10 Å². The van der Waals surface area contributed by atoms with Crippen molar-refractivity contribution in [2.24, 2.45) is 7.05 Å². The molecule has 1 saturated carbocycles. The van der Waals surface area contributed by atoms with Gasteiger partial charge in [0.05, 0.1) is 5.69 Å². The molecule has 0 aliphatic heterocycles. The third-order valence-electron chi connectivity index (χ3n) is 3.10. The molecule has 1 fully saturated rings. The largest absolute Gasteiger partial charge is 0.357 e. The summed E-state index contributed by atoms with van der Waals surface area (Å²) in [6, 6.07) is 0.732. The summed E-state index contributed by atoms with van der Waals surface area (Å²) in [6.07, 6.45) is 2.64. The van der Waals surface area contributed by atoms with E-state index in [1.54, 1.807) is 0 Å². The van der Waals surface area contributed by atoms with E-state index >= 15 is 0 Å². The molecular formula is C11H20N4. The van der Waals surface area contributed by atoms with Gasteiger partial charge in [0.15, 0.2) is 0 Å². The van der Waals surface area contributed by atoms with Crippen molar-refractivity contribution in [3.8, 4) is 0 Å². The van der Waals surface area contributed by atoms with Crippen LogP contribution in [0.15, 0.2) is 0 Å². The molecule has 1 aromatic rings. The fraction of sp³-hybridized carbons (Fsp3) is 0.727. The highest BCUT2D eigenvalue weighted by atomic mass is 15.4. The van der Waals surface area contributed by atoms with Crippen LogP contribution >= 0.6 is 0 Å². The van der Waals surface area contributed by atoms with Crippen LogP contribution in [-0.4, -0.2) is 29.9 Å². The molecule has 1 aliphatic carbocycles. The molecule has 1 heterocycles. The van der Waals surface area contributed by atoms with Crippen LogP contribution in [0.25, 0.3) is 0 Å². The smallest absolute Gasteiger partial charge is 0.131 e. The zero-order chi connectivity index (χ0) is 11.0. The molecule has 0 unspecified atom stereocenters. The van der Waals surface area contributed by atoms with Crippen LogP contribution in [0.2, 0.25) is 0 Å². The highest BCUT2D eigenvalue weighted by Crippen LogP contribution is 2.32. The SMILES string of the molecule is CNCc1c(C)nn(C)c1N(C)C1CC1. The van der Waals surface area contributed by atoms with Gasteiger partial charge in [-0.15, -0.1) is 0 Å². The van der Waals surface area contributed by atoms with Gasteiger partial charge in [0, 0.05) is 32.2 Å². The Bertz CT molecular complexity index is 352. The molecule has 0 amide bonds. The number of aromatic nitrogens is 2. The van der Waals surface area contributed by atoms with Crippen LogP contribution in [0.5, 0.6) is 0 Å². The fourth-order valence-electron chi connectivity index (χ4n) is 2.15. The van der Waals surface area contributed by atoms with Crippen LogP contribution in [0.4, 0.5) is 5.82 Å². The zero-order valence-corrected chi connectivity index (χ0v) is 10.0. The number of aryl methyl sites for hydroxylation is 2. The van der Waals surface area contributed by atoms with Gasteiger partial charge < -0.3 is 10.2 Å². The summed E-state index contributed by atoms with van der Waals surface area (Å²) in [5, 5.41) is 7.71. The average Bonchev–Trinajstić information content (AvgIpc) is 2.96. The summed E-state index contributed by atoms with van der Waals surface area (Å²) >= 11 is 0. The minimum absolute atomic E-state index is 0.732. The van der Waals surface area contributed by atoms with Crippen molar-refractivity contribution in [2.75, 3.05) is 19.0 Å². The minimum Gasteiger partial charge on any atom is -0.357 e. The lowest BCUT2D eigenvalue weighted by molar-refractivity contribution is 0.722. The number of anilines is 1. The first-order valence-corrected chi connectivity index (χ1v) is 5.55. The molecule has 0 spiro atoms. The molecule has 1 aliphatic rings. The number of hydrogen-bond acceptors (Lipinski definition) is 3. The van der Waals surface area contributed by atoms with Gasteiger partial charge in [-0.3, -0.25) is 4.68 Å². The Kier molecular flexibility index (Phi) is 2.69. The summed E-state index contributed by atoms with van der Waals surface area (Å²) in [5.41, 5.74) is 2.46. The normalized spacial score (nSPS) is 15.7. The predicted octanol–water partition coefficient (Wildman–Crippen LogP) is 1.05. The van der Waals surface area contributed by atoms with Crippen molar-refractivity contribution < 1.29 is 0 Å². The maximum Gasteiger partial charge on any atom is 0.131 e. The topological polar surface area (TPSA) is 33.1 Å². The van der Waals surface area contributed by atoms with Crippen molar-refractivity contribution in [3.63, 3.8) is 0 Å². The lowest BCUT2D eigenvalue weighted by Gasteiger charge is -2.20. The molecule has 15 heavy (non-hydrogen) atoms. The summed E-state index contributed by atoms with van der Waals surface area (Å²) in [4.78, 5) is 2.37. The van der Waals surface area contributed by atoms with Crippen molar-refractivity contribution >= 4 is 5.82 Å².